The molecule has 0 atom stereocenters. The Hall–Kier alpha value is -1.82. The van der Waals surface area contributed by atoms with Gasteiger partial charge < -0.3 is 15.4 Å². The number of anilines is 2. The molecule has 0 fully saturated rings. The molecule has 0 amide bonds. The van der Waals surface area contributed by atoms with Gasteiger partial charge in [0, 0.05) is 26.8 Å². The van der Waals surface area contributed by atoms with Gasteiger partial charge >= 0.3 is 5.69 Å². The summed E-state index contributed by atoms with van der Waals surface area (Å²) in [5.41, 5.74) is 1.24. The first-order valence-corrected chi connectivity index (χ1v) is 6.94. The van der Waals surface area contributed by atoms with Crippen LogP contribution >= 0.6 is 0 Å². The summed E-state index contributed by atoms with van der Waals surface area (Å²) in [6, 6.07) is 5.29. The highest BCUT2D eigenvalue weighted by Gasteiger charge is 2.18. The number of nitrogens with zero attached hydrogens (tertiary/aromatic N) is 1. The molecular weight excluding hydrogens is 258 g/mol. The summed E-state index contributed by atoms with van der Waals surface area (Å²) in [5.74, 6) is 0. The normalized spacial score (nSPS) is 10.3. The predicted octanol–water partition coefficient (Wildman–Crippen LogP) is 3.26. The third-order valence-electron chi connectivity index (χ3n) is 2.93. The van der Waals surface area contributed by atoms with Crippen molar-refractivity contribution in [3.05, 3.63) is 28.3 Å². The number of nitro groups is 1. The lowest BCUT2D eigenvalue weighted by Gasteiger charge is -2.10. The van der Waals surface area contributed by atoms with Crippen LogP contribution in [0.2, 0.25) is 0 Å². The van der Waals surface area contributed by atoms with E-state index < -0.39 is 0 Å². The first-order chi connectivity index (χ1) is 9.70. The van der Waals surface area contributed by atoms with Crippen LogP contribution in [0.3, 0.4) is 0 Å². The molecule has 0 heterocycles. The zero-order valence-electron chi connectivity index (χ0n) is 12.1. The van der Waals surface area contributed by atoms with E-state index in [0.717, 1.165) is 32.4 Å². The van der Waals surface area contributed by atoms with E-state index >= 15 is 0 Å². The fraction of sp³-hybridized carbons (Fsp3) is 0.571. The van der Waals surface area contributed by atoms with Gasteiger partial charge in [0.25, 0.3) is 0 Å². The second-order valence-corrected chi connectivity index (χ2v) is 4.47. The number of rotatable bonds is 10. The number of methoxy groups -OCH3 is 1. The molecule has 0 radical (unpaired) electrons. The quantitative estimate of drug-likeness (QED) is 0.391. The van der Waals surface area contributed by atoms with Crippen molar-refractivity contribution in [3.63, 3.8) is 0 Å². The third kappa shape index (κ3) is 5.05. The number of unbranched alkanes of at least 4 members (excludes halogenated alkanes) is 2. The monoisotopic (exact) mass is 281 g/mol. The number of hydrogen-bond acceptors (Lipinski definition) is 5. The van der Waals surface area contributed by atoms with Crippen LogP contribution in [0, 0.1) is 10.1 Å². The average molecular weight is 281 g/mol. The predicted molar refractivity (Wildman–Crippen MR) is 81.5 cm³/mol. The van der Waals surface area contributed by atoms with E-state index in [-0.39, 0.29) is 10.6 Å². The van der Waals surface area contributed by atoms with Gasteiger partial charge in [0.15, 0.2) is 0 Å². The van der Waals surface area contributed by atoms with Crippen molar-refractivity contribution >= 4 is 17.1 Å². The Balaban J connectivity index is 2.60. The Morgan fingerprint density at radius 3 is 2.50 bits per heavy atom. The second kappa shape index (κ2) is 9.14. The lowest BCUT2D eigenvalue weighted by Crippen LogP contribution is -2.07. The number of hydrogen-bond donors (Lipinski definition) is 2. The number of benzene rings is 1. The van der Waals surface area contributed by atoms with E-state index in [2.05, 4.69) is 10.6 Å². The summed E-state index contributed by atoms with van der Waals surface area (Å²) in [6.07, 6.45) is 3.02. The maximum atomic E-state index is 11.2. The Morgan fingerprint density at radius 2 is 1.90 bits per heavy atom. The van der Waals surface area contributed by atoms with Crippen molar-refractivity contribution in [2.45, 2.75) is 26.2 Å². The molecule has 1 aromatic carbocycles. The number of ether oxygens (including phenoxy) is 1. The van der Waals surface area contributed by atoms with E-state index in [1.807, 2.05) is 13.0 Å². The van der Waals surface area contributed by atoms with E-state index in [0.29, 0.717) is 17.9 Å². The molecular formula is C14H23N3O3. The van der Waals surface area contributed by atoms with Crippen LogP contribution in [0.1, 0.15) is 26.2 Å². The molecule has 0 bridgehead atoms. The summed E-state index contributed by atoms with van der Waals surface area (Å²) in [6.45, 7) is 4.05. The highest BCUT2D eigenvalue weighted by atomic mass is 16.6. The van der Waals surface area contributed by atoms with Gasteiger partial charge in [-0.25, -0.2) is 0 Å². The second-order valence-electron chi connectivity index (χ2n) is 4.47. The Bertz CT molecular complexity index is 424. The molecule has 20 heavy (non-hydrogen) atoms. The van der Waals surface area contributed by atoms with Gasteiger partial charge in [-0.15, -0.1) is 0 Å². The summed E-state index contributed by atoms with van der Waals surface area (Å²) < 4.78 is 4.98. The highest BCUT2D eigenvalue weighted by molar-refractivity contribution is 5.76. The fourth-order valence-electron chi connectivity index (χ4n) is 1.99. The van der Waals surface area contributed by atoms with Crippen LogP contribution in [0.25, 0.3) is 0 Å². The zero-order valence-corrected chi connectivity index (χ0v) is 12.1. The largest absolute Gasteiger partial charge is 0.385 e. The molecule has 6 heteroatoms. The average Bonchev–Trinajstić information content (AvgIpc) is 2.43. The third-order valence-corrected chi connectivity index (χ3v) is 2.93. The zero-order chi connectivity index (χ0) is 14.8. The van der Waals surface area contributed by atoms with Crippen LogP contribution in [-0.4, -0.2) is 31.7 Å². The maximum Gasteiger partial charge on any atom is 0.315 e. The van der Waals surface area contributed by atoms with Gasteiger partial charge in [0.1, 0.15) is 11.4 Å². The van der Waals surface area contributed by atoms with Gasteiger partial charge in [0.2, 0.25) is 0 Å². The molecule has 0 spiro atoms. The van der Waals surface area contributed by atoms with E-state index in [1.165, 1.54) is 0 Å². The maximum absolute atomic E-state index is 11.2. The van der Waals surface area contributed by atoms with Gasteiger partial charge in [-0.2, -0.15) is 0 Å². The first kappa shape index (κ1) is 16.2. The van der Waals surface area contributed by atoms with Crippen LogP contribution in [0.5, 0.6) is 0 Å². The number of para-hydroxylation sites is 1. The van der Waals surface area contributed by atoms with Crippen LogP contribution in [0.15, 0.2) is 18.2 Å². The van der Waals surface area contributed by atoms with Crippen LogP contribution in [0.4, 0.5) is 17.1 Å². The molecule has 0 saturated heterocycles. The van der Waals surface area contributed by atoms with Crippen LogP contribution < -0.4 is 10.6 Å². The van der Waals surface area contributed by atoms with Gasteiger partial charge in [0.05, 0.1) is 4.92 Å². The van der Waals surface area contributed by atoms with Crippen molar-refractivity contribution in [2.24, 2.45) is 0 Å². The lowest BCUT2D eigenvalue weighted by molar-refractivity contribution is -0.383. The number of nitrogens with one attached hydrogen (secondary N) is 2. The molecule has 6 nitrogen and oxygen atoms in total. The highest BCUT2D eigenvalue weighted by Crippen LogP contribution is 2.32. The van der Waals surface area contributed by atoms with E-state index in [4.69, 9.17) is 4.74 Å². The molecule has 0 aliphatic carbocycles. The molecule has 1 rings (SSSR count). The summed E-state index contributed by atoms with van der Waals surface area (Å²) in [5, 5.41) is 17.4. The molecule has 0 unspecified atom stereocenters. The Kier molecular flexibility index (Phi) is 7.42. The fourth-order valence-corrected chi connectivity index (χ4v) is 1.99. The molecule has 0 aromatic heterocycles. The first-order valence-electron chi connectivity index (χ1n) is 6.94. The van der Waals surface area contributed by atoms with Crippen molar-refractivity contribution in [2.75, 3.05) is 37.4 Å². The Morgan fingerprint density at radius 1 is 1.20 bits per heavy atom. The lowest BCUT2D eigenvalue weighted by atomic mass is 10.2. The van der Waals surface area contributed by atoms with Crippen molar-refractivity contribution in [1.29, 1.82) is 0 Å². The molecule has 112 valence electrons. The Labute approximate surface area is 119 Å². The summed E-state index contributed by atoms with van der Waals surface area (Å²) >= 11 is 0. The topological polar surface area (TPSA) is 76.4 Å². The minimum Gasteiger partial charge on any atom is -0.385 e. The van der Waals surface area contributed by atoms with Crippen molar-refractivity contribution in [1.82, 2.24) is 0 Å². The molecule has 1 aromatic rings. The smallest absolute Gasteiger partial charge is 0.315 e. The van der Waals surface area contributed by atoms with E-state index in [1.54, 1.807) is 19.2 Å². The van der Waals surface area contributed by atoms with Crippen molar-refractivity contribution in [3.8, 4) is 0 Å². The minimum atomic E-state index is -0.342. The van der Waals surface area contributed by atoms with Gasteiger partial charge in [-0.3, -0.25) is 10.1 Å². The SMILES string of the molecule is CCNc1cccc(NCCCCCOC)c1[N+](=O)[O-]. The van der Waals surface area contributed by atoms with Crippen LogP contribution in [-0.2, 0) is 4.74 Å². The summed E-state index contributed by atoms with van der Waals surface area (Å²) in [7, 11) is 1.69. The minimum absolute atomic E-state index is 0.117. The molecule has 0 aliphatic heterocycles. The molecule has 0 saturated carbocycles. The molecule has 2 N–H and O–H groups in total. The van der Waals surface area contributed by atoms with Gasteiger partial charge in [-0.05, 0) is 38.3 Å². The molecule has 0 aliphatic rings. The van der Waals surface area contributed by atoms with Crippen molar-refractivity contribution < 1.29 is 9.66 Å². The number of nitro benzene ring substituents is 1. The summed E-state index contributed by atoms with van der Waals surface area (Å²) in [4.78, 5) is 10.9. The standard InChI is InChI=1S/C14H23N3O3/c1-3-15-12-8-7-9-13(14(12)17(18)19)16-10-5-4-6-11-20-2/h7-9,15-16H,3-6,10-11H2,1-2H3. The van der Waals surface area contributed by atoms with Gasteiger partial charge in [-0.1, -0.05) is 6.07 Å². The van der Waals surface area contributed by atoms with E-state index in [9.17, 15) is 10.1 Å².